The van der Waals surface area contributed by atoms with E-state index in [4.69, 9.17) is 5.84 Å². The summed E-state index contributed by atoms with van der Waals surface area (Å²) in [7, 11) is 0. The van der Waals surface area contributed by atoms with Crippen LogP contribution in [-0.4, -0.2) is 9.97 Å². The van der Waals surface area contributed by atoms with E-state index in [1.807, 2.05) is 18.2 Å². The van der Waals surface area contributed by atoms with Gasteiger partial charge in [0, 0.05) is 12.4 Å². The summed E-state index contributed by atoms with van der Waals surface area (Å²) >= 11 is 0. The summed E-state index contributed by atoms with van der Waals surface area (Å²) in [5.41, 5.74) is 9.41. The van der Waals surface area contributed by atoms with E-state index < -0.39 is 0 Å². The third kappa shape index (κ3) is 2.63. The standard InChI is InChI=1S/C17H18N4/c1-11-3-4-13(9-12(11)2)17(21-18)14-5-6-15-16(10-14)20-8-7-19-15/h3-10,17,21H,18H2,1-2H3. The van der Waals surface area contributed by atoms with Crippen molar-refractivity contribution in [2.75, 3.05) is 0 Å². The van der Waals surface area contributed by atoms with Gasteiger partial charge in [-0.25, -0.2) is 5.43 Å². The van der Waals surface area contributed by atoms with E-state index in [1.54, 1.807) is 12.4 Å². The van der Waals surface area contributed by atoms with Crippen molar-refractivity contribution in [2.24, 2.45) is 5.84 Å². The van der Waals surface area contributed by atoms with Gasteiger partial charge in [0.2, 0.25) is 0 Å². The summed E-state index contributed by atoms with van der Waals surface area (Å²) in [5, 5.41) is 0. The van der Waals surface area contributed by atoms with Gasteiger partial charge in [0.05, 0.1) is 17.1 Å². The number of nitrogens with one attached hydrogen (secondary N) is 1. The van der Waals surface area contributed by atoms with Crippen LogP contribution in [0.25, 0.3) is 11.0 Å². The van der Waals surface area contributed by atoms with Crippen LogP contribution in [0.2, 0.25) is 0 Å². The molecule has 3 rings (SSSR count). The van der Waals surface area contributed by atoms with E-state index >= 15 is 0 Å². The minimum atomic E-state index is -0.0595. The Morgan fingerprint density at radius 3 is 2.24 bits per heavy atom. The molecule has 0 amide bonds. The molecule has 0 aliphatic heterocycles. The Hall–Kier alpha value is -2.30. The van der Waals surface area contributed by atoms with Crippen molar-refractivity contribution < 1.29 is 0 Å². The number of nitrogens with zero attached hydrogens (tertiary/aromatic N) is 2. The van der Waals surface area contributed by atoms with Crippen molar-refractivity contribution in [3.05, 3.63) is 71.0 Å². The molecule has 1 atom stereocenters. The highest BCUT2D eigenvalue weighted by molar-refractivity contribution is 5.74. The summed E-state index contributed by atoms with van der Waals surface area (Å²) in [5.74, 6) is 5.78. The molecule has 0 aliphatic rings. The molecule has 3 aromatic rings. The second kappa shape index (κ2) is 5.60. The van der Waals surface area contributed by atoms with E-state index in [9.17, 15) is 0 Å². The van der Waals surface area contributed by atoms with Gasteiger partial charge in [0.25, 0.3) is 0 Å². The SMILES string of the molecule is Cc1ccc(C(NN)c2ccc3nccnc3c2)cc1C. The van der Waals surface area contributed by atoms with E-state index in [2.05, 4.69) is 47.4 Å². The van der Waals surface area contributed by atoms with Crippen LogP contribution in [0.3, 0.4) is 0 Å². The van der Waals surface area contributed by atoms with Crippen molar-refractivity contribution in [3.63, 3.8) is 0 Å². The number of benzene rings is 2. The third-order valence-corrected chi connectivity index (χ3v) is 3.86. The van der Waals surface area contributed by atoms with Gasteiger partial charge < -0.3 is 0 Å². The third-order valence-electron chi connectivity index (χ3n) is 3.86. The fourth-order valence-electron chi connectivity index (χ4n) is 2.49. The number of fused-ring (bicyclic) bond motifs is 1. The maximum atomic E-state index is 5.78. The largest absolute Gasteiger partial charge is 0.271 e. The number of aromatic nitrogens is 2. The lowest BCUT2D eigenvalue weighted by Crippen LogP contribution is -2.28. The number of hydrazine groups is 1. The molecule has 0 bridgehead atoms. The fraction of sp³-hybridized carbons (Fsp3) is 0.176. The number of aryl methyl sites for hydroxylation is 2. The molecule has 1 unspecified atom stereocenters. The highest BCUT2D eigenvalue weighted by Crippen LogP contribution is 2.25. The summed E-state index contributed by atoms with van der Waals surface area (Å²) in [6.45, 7) is 4.22. The first-order chi connectivity index (χ1) is 10.2. The lowest BCUT2D eigenvalue weighted by atomic mass is 9.96. The highest BCUT2D eigenvalue weighted by atomic mass is 15.2. The monoisotopic (exact) mass is 278 g/mol. The van der Waals surface area contributed by atoms with Gasteiger partial charge in [-0.3, -0.25) is 15.8 Å². The lowest BCUT2D eigenvalue weighted by molar-refractivity contribution is 0.637. The molecule has 0 spiro atoms. The van der Waals surface area contributed by atoms with Gasteiger partial charge in [-0.1, -0.05) is 24.3 Å². The van der Waals surface area contributed by atoms with E-state index in [-0.39, 0.29) is 6.04 Å². The van der Waals surface area contributed by atoms with Crippen molar-refractivity contribution in [1.29, 1.82) is 0 Å². The van der Waals surface area contributed by atoms with Gasteiger partial charge in [0.15, 0.2) is 0 Å². The summed E-state index contributed by atoms with van der Waals surface area (Å²) in [4.78, 5) is 8.64. The molecule has 0 saturated carbocycles. The second-order valence-corrected chi connectivity index (χ2v) is 5.25. The number of hydrogen-bond acceptors (Lipinski definition) is 4. The first-order valence-corrected chi connectivity index (χ1v) is 6.93. The maximum Gasteiger partial charge on any atom is 0.0890 e. The predicted molar refractivity (Wildman–Crippen MR) is 84.6 cm³/mol. The normalized spacial score (nSPS) is 12.5. The van der Waals surface area contributed by atoms with Crippen LogP contribution in [-0.2, 0) is 0 Å². The molecular formula is C17H18N4. The zero-order valence-electron chi connectivity index (χ0n) is 12.2. The fourth-order valence-corrected chi connectivity index (χ4v) is 2.49. The molecule has 0 radical (unpaired) electrons. The first kappa shape index (κ1) is 13.7. The van der Waals surface area contributed by atoms with E-state index in [1.165, 1.54) is 11.1 Å². The van der Waals surface area contributed by atoms with Gasteiger partial charge in [-0.2, -0.15) is 0 Å². The Kier molecular flexibility index (Phi) is 3.64. The molecule has 0 aliphatic carbocycles. The molecule has 1 heterocycles. The Bertz CT molecular complexity index is 783. The van der Waals surface area contributed by atoms with Crippen LogP contribution in [0, 0.1) is 13.8 Å². The van der Waals surface area contributed by atoms with Crippen molar-refractivity contribution in [2.45, 2.75) is 19.9 Å². The Morgan fingerprint density at radius 2 is 1.52 bits per heavy atom. The zero-order chi connectivity index (χ0) is 14.8. The molecular weight excluding hydrogens is 260 g/mol. The number of rotatable bonds is 3. The van der Waals surface area contributed by atoms with Crippen molar-refractivity contribution in [3.8, 4) is 0 Å². The molecule has 2 aromatic carbocycles. The first-order valence-electron chi connectivity index (χ1n) is 6.93. The average molecular weight is 278 g/mol. The topological polar surface area (TPSA) is 63.8 Å². The van der Waals surface area contributed by atoms with Crippen LogP contribution in [0.1, 0.15) is 28.3 Å². The highest BCUT2D eigenvalue weighted by Gasteiger charge is 2.13. The Morgan fingerprint density at radius 1 is 0.857 bits per heavy atom. The molecule has 0 fully saturated rings. The number of hydrogen-bond donors (Lipinski definition) is 2. The Balaban J connectivity index is 2.06. The smallest absolute Gasteiger partial charge is 0.0890 e. The molecule has 21 heavy (non-hydrogen) atoms. The minimum absolute atomic E-state index is 0.0595. The quantitative estimate of drug-likeness (QED) is 0.571. The zero-order valence-corrected chi connectivity index (χ0v) is 12.2. The minimum Gasteiger partial charge on any atom is -0.271 e. The average Bonchev–Trinajstić information content (AvgIpc) is 2.51. The van der Waals surface area contributed by atoms with Gasteiger partial charge >= 0.3 is 0 Å². The summed E-state index contributed by atoms with van der Waals surface area (Å²) in [6.07, 6.45) is 3.40. The van der Waals surface area contributed by atoms with E-state index in [0.717, 1.165) is 22.2 Å². The lowest BCUT2D eigenvalue weighted by Gasteiger charge is -2.18. The predicted octanol–water partition coefficient (Wildman–Crippen LogP) is 2.80. The van der Waals surface area contributed by atoms with Gasteiger partial charge in [-0.15, -0.1) is 0 Å². The van der Waals surface area contributed by atoms with Crippen LogP contribution in [0.15, 0.2) is 48.8 Å². The number of nitrogens with two attached hydrogens (primary N) is 1. The maximum absolute atomic E-state index is 5.78. The van der Waals surface area contributed by atoms with Crippen LogP contribution in [0.5, 0.6) is 0 Å². The van der Waals surface area contributed by atoms with Crippen molar-refractivity contribution >= 4 is 11.0 Å². The van der Waals surface area contributed by atoms with Crippen LogP contribution >= 0.6 is 0 Å². The summed E-state index contributed by atoms with van der Waals surface area (Å²) < 4.78 is 0. The summed E-state index contributed by atoms with van der Waals surface area (Å²) in [6, 6.07) is 12.4. The molecule has 3 N–H and O–H groups in total. The Labute approximate surface area is 124 Å². The molecule has 0 saturated heterocycles. The molecule has 106 valence electrons. The molecule has 1 aromatic heterocycles. The van der Waals surface area contributed by atoms with Crippen LogP contribution in [0.4, 0.5) is 0 Å². The second-order valence-electron chi connectivity index (χ2n) is 5.25. The molecule has 4 heteroatoms. The van der Waals surface area contributed by atoms with Crippen molar-refractivity contribution in [1.82, 2.24) is 15.4 Å². The van der Waals surface area contributed by atoms with Gasteiger partial charge in [0.1, 0.15) is 0 Å². The van der Waals surface area contributed by atoms with E-state index in [0.29, 0.717) is 0 Å². The molecule has 4 nitrogen and oxygen atoms in total. The van der Waals surface area contributed by atoms with Gasteiger partial charge in [-0.05, 0) is 48.2 Å². The van der Waals surface area contributed by atoms with Crippen LogP contribution < -0.4 is 11.3 Å².